The predicted molar refractivity (Wildman–Crippen MR) is 70.4 cm³/mol. The lowest BCUT2D eigenvalue weighted by Gasteiger charge is -2.29. The largest absolute Gasteiger partial charge is 0.454 e. The monoisotopic (exact) mass is 265 g/mol. The summed E-state index contributed by atoms with van der Waals surface area (Å²) < 4.78 is 10.5. The van der Waals surface area contributed by atoms with Gasteiger partial charge in [0.2, 0.25) is 6.79 Å². The summed E-state index contributed by atoms with van der Waals surface area (Å²) in [5, 5.41) is 12.0. The molecular weight excluding hydrogens is 246 g/mol. The molecule has 0 fully saturated rings. The summed E-state index contributed by atoms with van der Waals surface area (Å²) in [6, 6.07) is 5.11. The standard InChI is InChI=1S/C14H19NO4/c1-3-14(2,6-7-16)15-13(17)10-4-5-11-12(8-10)19-9-18-11/h4-5,8,16H,3,6-7,9H2,1-2H3,(H,15,17). The molecule has 2 rings (SSSR count). The summed E-state index contributed by atoms with van der Waals surface area (Å²) in [6.45, 7) is 4.15. The third-order valence-electron chi connectivity index (χ3n) is 3.49. The van der Waals surface area contributed by atoms with E-state index in [-0.39, 0.29) is 19.3 Å². The first kappa shape index (κ1) is 13.7. The van der Waals surface area contributed by atoms with Gasteiger partial charge in [-0.05, 0) is 38.0 Å². The van der Waals surface area contributed by atoms with Crippen molar-refractivity contribution in [2.75, 3.05) is 13.4 Å². The van der Waals surface area contributed by atoms with Crippen molar-refractivity contribution in [1.82, 2.24) is 5.32 Å². The quantitative estimate of drug-likeness (QED) is 0.850. The highest BCUT2D eigenvalue weighted by atomic mass is 16.7. The summed E-state index contributed by atoms with van der Waals surface area (Å²) in [5.41, 5.74) is 0.129. The second-order valence-electron chi connectivity index (χ2n) is 4.91. The Balaban J connectivity index is 2.11. The summed E-state index contributed by atoms with van der Waals surface area (Å²) in [7, 11) is 0. The van der Waals surface area contributed by atoms with Crippen molar-refractivity contribution in [2.45, 2.75) is 32.2 Å². The molecule has 5 heteroatoms. The Morgan fingerprint density at radius 2 is 2.16 bits per heavy atom. The van der Waals surface area contributed by atoms with Crippen LogP contribution in [0.15, 0.2) is 18.2 Å². The summed E-state index contributed by atoms with van der Waals surface area (Å²) in [4.78, 5) is 12.2. The second-order valence-corrected chi connectivity index (χ2v) is 4.91. The van der Waals surface area contributed by atoms with Crippen molar-refractivity contribution in [3.05, 3.63) is 23.8 Å². The van der Waals surface area contributed by atoms with E-state index in [0.717, 1.165) is 6.42 Å². The van der Waals surface area contributed by atoms with Crippen LogP contribution in [0.5, 0.6) is 11.5 Å². The molecule has 1 amide bonds. The Labute approximate surface area is 112 Å². The summed E-state index contributed by atoms with van der Waals surface area (Å²) >= 11 is 0. The highest BCUT2D eigenvalue weighted by molar-refractivity contribution is 5.95. The van der Waals surface area contributed by atoms with E-state index in [9.17, 15) is 4.79 Å². The van der Waals surface area contributed by atoms with E-state index in [0.29, 0.717) is 23.5 Å². The van der Waals surface area contributed by atoms with Crippen LogP contribution >= 0.6 is 0 Å². The molecule has 1 aromatic carbocycles. The minimum atomic E-state index is -0.401. The lowest BCUT2D eigenvalue weighted by Crippen LogP contribution is -2.46. The van der Waals surface area contributed by atoms with Gasteiger partial charge in [-0.3, -0.25) is 4.79 Å². The number of fused-ring (bicyclic) bond motifs is 1. The zero-order valence-electron chi connectivity index (χ0n) is 11.2. The molecule has 5 nitrogen and oxygen atoms in total. The van der Waals surface area contributed by atoms with Crippen molar-refractivity contribution >= 4 is 5.91 Å². The van der Waals surface area contributed by atoms with Crippen LogP contribution in [0, 0.1) is 0 Å². The molecule has 0 saturated heterocycles. The van der Waals surface area contributed by atoms with Crippen LogP contribution in [0.3, 0.4) is 0 Å². The van der Waals surface area contributed by atoms with Crippen LogP contribution < -0.4 is 14.8 Å². The fourth-order valence-electron chi connectivity index (χ4n) is 1.96. The van der Waals surface area contributed by atoms with E-state index in [4.69, 9.17) is 14.6 Å². The summed E-state index contributed by atoms with van der Waals surface area (Å²) in [5.74, 6) is 1.08. The first-order chi connectivity index (χ1) is 9.08. The van der Waals surface area contributed by atoms with Crippen molar-refractivity contribution < 1.29 is 19.4 Å². The number of aliphatic hydroxyl groups excluding tert-OH is 1. The Morgan fingerprint density at radius 1 is 1.42 bits per heavy atom. The fourth-order valence-corrected chi connectivity index (χ4v) is 1.96. The van der Waals surface area contributed by atoms with Gasteiger partial charge < -0.3 is 19.9 Å². The van der Waals surface area contributed by atoms with Crippen molar-refractivity contribution in [3.8, 4) is 11.5 Å². The molecular formula is C14H19NO4. The smallest absolute Gasteiger partial charge is 0.251 e. The SMILES string of the molecule is CCC(C)(CCO)NC(=O)c1ccc2c(c1)OCO2. The fraction of sp³-hybridized carbons (Fsp3) is 0.500. The van der Waals surface area contributed by atoms with Gasteiger partial charge in [0.15, 0.2) is 11.5 Å². The molecule has 1 heterocycles. The topological polar surface area (TPSA) is 67.8 Å². The van der Waals surface area contributed by atoms with E-state index in [1.807, 2.05) is 13.8 Å². The van der Waals surface area contributed by atoms with Crippen LogP contribution in [0.2, 0.25) is 0 Å². The maximum Gasteiger partial charge on any atom is 0.251 e. The molecule has 0 spiro atoms. The molecule has 0 saturated carbocycles. The molecule has 0 aromatic heterocycles. The number of nitrogens with one attached hydrogen (secondary N) is 1. The Bertz CT molecular complexity index is 475. The number of carbonyl (C=O) groups is 1. The van der Waals surface area contributed by atoms with Crippen LogP contribution in [-0.2, 0) is 0 Å². The molecule has 0 bridgehead atoms. The normalized spacial score (nSPS) is 15.9. The average molecular weight is 265 g/mol. The van der Waals surface area contributed by atoms with Crippen molar-refractivity contribution in [3.63, 3.8) is 0 Å². The van der Waals surface area contributed by atoms with Crippen molar-refractivity contribution in [2.24, 2.45) is 0 Å². The lowest BCUT2D eigenvalue weighted by molar-refractivity contribution is 0.0885. The molecule has 0 radical (unpaired) electrons. The minimum absolute atomic E-state index is 0.0474. The van der Waals surface area contributed by atoms with E-state index in [2.05, 4.69) is 5.32 Å². The van der Waals surface area contributed by atoms with Gasteiger partial charge in [-0.15, -0.1) is 0 Å². The molecule has 19 heavy (non-hydrogen) atoms. The zero-order chi connectivity index (χ0) is 13.9. The number of hydrogen-bond acceptors (Lipinski definition) is 4. The van der Waals surface area contributed by atoms with Gasteiger partial charge >= 0.3 is 0 Å². The first-order valence-electron chi connectivity index (χ1n) is 6.41. The molecule has 1 unspecified atom stereocenters. The Kier molecular flexibility index (Phi) is 3.95. The van der Waals surface area contributed by atoms with Gasteiger partial charge in [-0.1, -0.05) is 6.92 Å². The Morgan fingerprint density at radius 3 is 2.84 bits per heavy atom. The number of benzene rings is 1. The van der Waals surface area contributed by atoms with E-state index in [1.54, 1.807) is 18.2 Å². The minimum Gasteiger partial charge on any atom is -0.454 e. The van der Waals surface area contributed by atoms with Crippen molar-refractivity contribution in [1.29, 1.82) is 0 Å². The van der Waals surface area contributed by atoms with Crippen LogP contribution in [0.1, 0.15) is 37.0 Å². The second kappa shape index (κ2) is 5.48. The highest BCUT2D eigenvalue weighted by Crippen LogP contribution is 2.32. The number of amides is 1. The number of ether oxygens (including phenoxy) is 2. The third-order valence-corrected chi connectivity index (χ3v) is 3.49. The molecule has 2 N–H and O–H groups in total. The first-order valence-corrected chi connectivity index (χ1v) is 6.41. The van der Waals surface area contributed by atoms with Gasteiger partial charge in [0.25, 0.3) is 5.91 Å². The number of rotatable bonds is 5. The number of carbonyl (C=O) groups excluding carboxylic acids is 1. The zero-order valence-corrected chi connectivity index (χ0v) is 11.2. The molecule has 1 aromatic rings. The Hall–Kier alpha value is -1.75. The molecule has 1 aliphatic rings. The lowest BCUT2D eigenvalue weighted by atomic mass is 9.94. The molecule has 1 atom stereocenters. The van der Waals surface area contributed by atoms with Gasteiger partial charge in [0.1, 0.15) is 0 Å². The van der Waals surface area contributed by atoms with Gasteiger partial charge in [-0.25, -0.2) is 0 Å². The summed E-state index contributed by atoms with van der Waals surface area (Å²) in [6.07, 6.45) is 1.28. The predicted octanol–water partition coefficient (Wildman–Crippen LogP) is 1.70. The van der Waals surface area contributed by atoms with Crippen LogP contribution in [0.4, 0.5) is 0 Å². The maximum atomic E-state index is 12.2. The van der Waals surface area contributed by atoms with Crippen LogP contribution in [-0.4, -0.2) is 30.0 Å². The van der Waals surface area contributed by atoms with Crippen LogP contribution in [0.25, 0.3) is 0 Å². The molecule has 104 valence electrons. The van der Waals surface area contributed by atoms with E-state index in [1.165, 1.54) is 0 Å². The third kappa shape index (κ3) is 2.98. The number of aliphatic hydroxyl groups is 1. The highest BCUT2D eigenvalue weighted by Gasteiger charge is 2.25. The average Bonchev–Trinajstić information content (AvgIpc) is 2.86. The van der Waals surface area contributed by atoms with Gasteiger partial charge in [-0.2, -0.15) is 0 Å². The molecule has 1 aliphatic heterocycles. The molecule has 0 aliphatic carbocycles. The maximum absolute atomic E-state index is 12.2. The van der Waals surface area contributed by atoms with E-state index >= 15 is 0 Å². The van der Waals surface area contributed by atoms with E-state index < -0.39 is 5.54 Å². The van der Waals surface area contributed by atoms with Gasteiger partial charge in [0, 0.05) is 17.7 Å². The van der Waals surface area contributed by atoms with Gasteiger partial charge in [0.05, 0.1) is 0 Å². The number of hydrogen-bond donors (Lipinski definition) is 2.